The summed E-state index contributed by atoms with van der Waals surface area (Å²) < 4.78 is 0. The molecule has 0 unspecified atom stereocenters. The molecular weight excluding hydrogens is 246 g/mol. The Bertz CT molecular complexity index is 408. The van der Waals surface area contributed by atoms with E-state index in [1.54, 1.807) is 11.3 Å². The van der Waals surface area contributed by atoms with Crippen LogP contribution >= 0.6 is 11.3 Å². The quantitative estimate of drug-likeness (QED) is 0.910. The summed E-state index contributed by atoms with van der Waals surface area (Å²) in [6.45, 7) is 5.85. The molecule has 18 heavy (non-hydrogen) atoms. The zero-order chi connectivity index (χ0) is 13.1. The number of thiazole rings is 1. The molecule has 0 aromatic carbocycles. The van der Waals surface area contributed by atoms with Crippen LogP contribution in [0.4, 0.5) is 0 Å². The molecule has 1 amide bonds. The van der Waals surface area contributed by atoms with Crippen molar-refractivity contribution in [2.75, 3.05) is 13.1 Å². The highest BCUT2D eigenvalue weighted by Gasteiger charge is 2.23. The van der Waals surface area contributed by atoms with Crippen LogP contribution in [-0.2, 0) is 6.42 Å². The van der Waals surface area contributed by atoms with Crippen molar-refractivity contribution in [2.45, 2.75) is 39.2 Å². The molecule has 0 atom stereocenters. The highest BCUT2D eigenvalue weighted by Crippen LogP contribution is 2.17. The lowest BCUT2D eigenvalue weighted by molar-refractivity contribution is 0.0709. The molecule has 0 spiro atoms. The number of nitrogens with two attached hydrogens (primary N) is 1. The van der Waals surface area contributed by atoms with Gasteiger partial charge in [0, 0.05) is 30.9 Å². The number of hydrogen-bond acceptors (Lipinski definition) is 4. The van der Waals surface area contributed by atoms with Crippen LogP contribution in [0, 0.1) is 5.92 Å². The highest BCUT2D eigenvalue weighted by atomic mass is 32.1. The van der Waals surface area contributed by atoms with E-state index in [9.17, 15) is 4.79 Å². The number of aromatic nitrogens is 1. The molecule has 1 fully saturated rings. The van der Waals surface area contributed by atoms with Crippen LogP contribution in [0.5, 0.6) is 0 Å². The largest absolute Gasteiger partial charge is 0.337 e. The summed E-state index contributed by atoms with van der Waals surface area (Å²) in [7, 11) is 0. The van der Waals surface area contributed by atoms with Crippen molar-refractivity contribution in [2.24, 2.45) is 11.7 Å². The number of hydrogen-bond donors (Lipinski definition) is 1. The number of carbonyl (C=O) groups is 1. The van der Waals surface area contributed by atoms with Gasteiger partial charge in [0.1, 0.15) is 5.69 Å². The van der Waals surface area contributed by atoms with Gasteiger partial charge in [-0.25, -0.2) is 4.98 Å². The van der Waals surface area contributed by atoms with Gasteiger partial charge in [-0.2, -0.15) is 0 Å². The molecule has 0 bridgehead atoms. The number of nitrogens with zero attached hydrogens (tertiary/aromatic N) is 2. The fourth-order valence-corrected chi connectivity index (χ4v) is 3.10. The molecule has 1 aromatic rings. The first-order valence-corrected chi connectivity index (χ1v) is 7.43. The number of likely N-dealkylation sites (tertiary alicyclic amines) is 1. The molecule has 1 aliphatic heterocycles. The molecule has 1 saturated heterocycles. The fourth-order valence-electron chi connectivity index (χ4n) is 2.12. The second-order valence-electron chi connectivity index (χ2n) is 5.35. The summed E-state index contributed by atoms with van der Waals surface area (Å²) >= 11 is 1.59. The first kappa shape index (κ1) is 13.5. The van der Waals surface area contributed by atoms with E-state index in [-0.39, 0.29) is 11.9 Å². The minimum absolute atomic E-state index is 0.0631. The lowest BCUT2D eigenvalue weighted by Crippen LogP contribution is -2.42. The molecule has 2 heterocycles. The van der Waals surface area contributed by atoms with E-state index in [1.807, 2.05) is 10.3 Å². The van der Waals surface area contributed by atoms with Crippen LogP contribution < -0.4 is 5.73 Å². The zero-order valence-corrected chi connectivity index (χ0v) is 11.9. The van der Waals surface area contributed by atoms with Gasteiger partial charge >= 0.3 is 0 Å². The van der Waals surface area contributed by atoms with Gasteiger partial charge in [-0.05, 0) is 18.8 Å². The van der Waals surface area contributed by atoms with Gasteiger partial charge in [0.05, 0.1) is 5.01 Å². The van der Waals surface area contributed by atoms with Crippen molar-refractivity contribution >= 4 is 17.2 Å². The van der Waals surface area contributed by atoms with Crippen molar-refractivity contribution in [1.29, 1.82) is 0 Å². The first-order valence-electron chi connectivity index (χ1n) is 6.55. The molecular formula is C13H21N3OS. The summed E-state index contributed by atoms with van der Waals surface area (Å²) in [5.41, 5.74) is 6.45. The van der Waals surface area contributed by atoms with E-state index >= 15 is 0 Å². The van der Waals surface area contributed by atoms with Crippen LogP contribution in [0.25, 0.3) is 0 Å². The van der Waals surface area contributed by atoms with Gasteiger partial charge in [-0.15, -0.1) is 11.3 Å². The Morgan fingerprint density at radius 1 is 1.56 bits per heavy atom. The Hall–Kier alpha value is -0.940. The van der Waals surface area contributed by atoms with Gasteiger partial charge in [-0.3, -0.25) is 4.79 Å². The van der Waals surface area contributed by atoms with Crippen LogP contribution in [0.15, 0.2) is 5.38 Å². The van der Waals surface area contributed by atoms with E-state index in [1.165, 1.54) is 0 Å². The molecule has 0 radical (unpaired) electrons. The van der Waals surface area contributed by atoms with Crippen molar-refractivity contribution in [3.8, 4) is 0 Å². The topological polar surface area (TPSA) is 59.2 Å². The highest BCUT2D eigenvalue weighted by molar-refractivity contribution is 7.09. The van der Waals surface area contributed by atoms with Gasteiger partial charge in [0.15, 0.2) is 0 Å². The van der Waals surface area contributed by atoms with Gasteiger partial charge in [0.25, 0.3) is 5.91 Å². The third-order valence-corrected chi connectivity index (χ3v) is 4.05. The van der Waals surface area contributed by atoms with Gasteiger partial charge in [-0.1, -0.05) is 13.8 Å². The molecule has 100 valence electrons. The molecule has 5 heteroatoms. The Labute approximate surface area is 112 Å². The average Bonchev–Trinajstić information content (AvgIpc) is 2.76. The predicted molar refractivity (Wildman–Crippen MR) is 73.8 cm³/mol. The van der Waals surface area contributed by atoms with Crippen LogP contribution in [0.1, 0.15) is 42.2 Å². The predicted octanol–water partition coefficient (Wildman–Crippen LogP) is 1.90. The number of carbonyl (C=O) groups excluding carboxylic acids is 1. The summed E-state index contributed by atoms with van der Waals surface area (Å²) in [5.74, 6) is 0.639. The average molecular weight is 267 g/mol. The third kappa shape index (κ3) is 3.29. The molecule has 0 saturated carbocycles. The minimum Gasteiger partial charge on any atom is -0.337 e. The lowest BCUT2D eigenvalue weighted by atomic mass is 10.1. The van der Waals surface area contributed by atoms with Crippen LogP contribution in [0.3, 0.4) is 0 Å². The summed E-state index contributed by atoms with van der Waals surface area (Å²) in [5, 5.41) is 2.94. The lowest BCUT2D eigenvalue weighted by Gasteiger charge is -2.29. The summed E-state index contributed by atoms with van der Waals surface area (Å²) in [6, 6.07) is 0.251. The van der Waals surface area contributed by atoms with Crippen molar-refractivity contribution in [3.05, 3.63) is 16.1 Å². The van der Waals surface area contributed by atoms with Crippen LogP contribution in [-0.4, -0.2) is 34.9 Å². The second-order valence-corrected chi connectivity index (χ2v) is 6.30. The maximum absolute atomic E-state index is 12.2. The SMILES string of the molecule is CC(C)Cc1nc(C(=O)N2CCC(N)CC2)cs1. The summed E-state index contributed by atoms with van der Waals surface area (Å²) in [6.07, 6.45) is 2.74. The standard InChI is InChI=1S/C13H21N3OS/c1-9(2)7-12-15-11(8-18-12)13(17)16-5-3-10(14)4-6-16/h8-10H,3-7,14H2,1-2H3. The van der Waals surface area contributed by atoms with E-state index in [2.05, 4.69) is 18.8 Å². The van der Waals surface area contributed by atoms with E-state index < -0.39 is 0 Å². The van der Waals surface area contributed by atoms with Crippen molar-refractivity contribution in [1.82, 2.24) is 9.88 Å². The zero-order valence-electron chi connectivity index (χ0n) is 11.1. The molecule has 2 N–H and O–H groups in total. The van der Waals surface area contributed by atoms with E-state index in [0.717, 1.165) is 37.4 Å². The van der Waals surface area contributed by atoms with E-state index in [0.29, 0.717) is 11.6 Å². The molecule has 2 rings (SSSR count). The monoisotopic (exact) mass is 267 g/mol. The van der Waals surface area contributed by atoms with Gasteiger partial charge in [0.2, 0.25) is 0 Å². The number of rotatable bonds is 3. The Kier molecular flexibility index (Phi) is 4.35. The molecule has 0 aliphatic carbocycles. The summed E-state index contributed by atoms with van der Waals surface area (Å²) in [4.78, 5) is 18.5. The molecule has 1 aliphatic rings. The van der Waals surface area contributed by atoms with Gasteiger partial charge < -0.3 is 10.6 Å². The normalized spacial score (nSPS) is 17.4. The fraction of sp³-hybridized carbons (Fsp3) is 0.692. The van der Waals surface area contributed by atoms with Crippen molar-refractivity contribution in [3.63, 3.8) is 0 Å². The Morgan fingerprint density at radius 2 is 2.22 bits per heavy atom. The third-order valence-electron chi connectivity index (χ3n) is 3.18. The van der Waals surface area contributed by atoms with E-state index in [4.69, 9.17) is 5.73 Å². The smallest absolute Gasteiger partial charge is 0.273 e. The van der Waals surface area contributed by atoms with Crippen molar-refractivity contribution < 1.29 is 4.79 Å². The maximum atomic E-state index is 12.2. The first-order chi connectivity index (χ1) is 8.56. The molecule has 4 nitrogen and oxygen atoms in total. The number of piperidine rings is 1. The Balaban J connectivity index is 1.98. The Morgan fingerprint density at radius 3 is 2.83 bits per heavy atom. The second kappa shape index (κ2) is 5.80. The molecule has 1 aromatic heterocycles. The van der Waals surface area contributed by atoms with Crippen LogP contribution in [0.2, 0.25) is 0 Å². The maximum Gasteiger partial charge on any atom is 0.273 e. The number of amides is 1. The minimum atomic E-state index is 0.0631.